The number of pyridine rings is 1. The van der Waals surface area contributed by atoms with Crippen LogP contribution in [0.5, 0.6) is 11.5 Å². The number of halogens is 1. The Morgan fingerprint density at radius 1 is 1.41 bits per heavy atom. The van der Waals surface area contributed by atoms with Crippen molar-refractivity contribution in [3.8, 4) is 22.8 Å². The maximum Gasteiger partial charge on any atom is 0.171 e. The highest BCUT2D eigenvalue weighted by atomic mass is 35.5. The number of H-pyrrole nitrogens is 1. The fraction of sp³-hybridized carbons (Fsp3) is 0.261. The Morgan fingerprint density at radius 2 is 2.28 bits per heavy atom. The van der Waals surface area contributed by atoms with Gasteiger partial charge in [-0.05, 0) is 36.2 Å². The van der Waals surface area contributed by atoms with Crippen molar-refractivity contribution in [1.82, 2.24) is 19.7 Å². The molecule has 32 heavy (non-hydrogen) atoms. The van der Waals surface area contributed by atoms with Crippen molar-refractivity contribution >= 4 is 28.3 Å². The Hall–Kier alpha value is -3.36. The van der Waals surface area contributed by atoms with E-state index >= 15 is 0 Å². The molecule has 1 aliphatic rings. The molecule has 2 N–H and O–H groups in total. The van der Waals surface area contributed by atoms with E-state index in [4.69, 9.17) is 21.1 Å². The van der Waals surface area contributed by atoms with Gasteiger partial charge in [-0.25, -0.2) is 0 Å². The zero-order chi connectivity index (χ0) is 22.2. The average Bonchev–Trinajstić information content (AvgIpc) is 3.41. The number of ketones is 1. The number of fused-ring (bicyclic) bond motifs is 2. The van der Waals surface area contributed by atoms with Gasteiger partial charge in [0.25, 0.3) is 0 Å². The van der Waals surface area contributed by atoms with Crippen molar-refractivity contribution in [2.24, 2.45) is 5.92 Å². The first-order chi connectivity index (χ1) is 15.6. The molecule has 0 amide bonds. The number of hydrogen-bond acceptors (Lipinski definition) is 6. The van der Waals surface area contributed by atoms with Crippen LogP contribution in [0.4, 0.5) is 0 Å². The molecule has 0 saturated carbocycles. The van der Waals surface area contributed by atoms with Crippen LogP contribution < -0.4 is 9.47 Å². The van der Waals surface area contributed by atoms with Gasteiger partial charge in [0.1, 0.15) is 11.5 Å². The van der Waals surface area contributed by atoms with Gasteiger partial charge in [0.05, 0.1) is 43.0 Å². The van der Waals surface area contributed by atoms with Crippen LogP contribution in [0, 0.1) is 5.92 Å². The average molecular weight is 453 g/mol. The third-order valence-corrected chi connectivity index (χ3v) is 6.08. The van der Waals surface area contributed by atoms with Gasteiger partial charge in [0.15, 0.2) is 10.9 Å². The Labute approximate surface area is 188 Å². The molecule has 0 bridgehead atoms. The Balaban J connectivity index is 1.52. The number of hydrogen-bond donors (Lipinski definition) is 2. The lowest BCUT2D eigenvalue weighted by atomic mass is 9.89. The summed E-state index contributed by atoms with van der Waals surface area (Å²) in [6.07, 6.45) is 5.70. The molecule has 1 unspecified atom stereocenters. The second-order valence-electron chi connectivity index (χ2n) is 7.69. The maximum atomic E-state index is 13.5. The number of benzene rings is 1. The van der Waals surface area contributed by atoms with Gasteiger partial charge >= 0.3 is 0 Å². The van der Waals surface area contributed by atoms with Crippen molar-refractivity contribution in [2.45, 2.75) is 13.0 Å². The van der Waals surface area contributed by atoms with Crippen molar-refractivity contribution in [3.05, 3.63) is 59.1 Å². The van der Waals surface area contributed by atoms with E-state index in [2.05, 4.69) is 15.2 Å². The minimum Gasteiger partial charge on any atom is -0.497 e. The molecule has 1 aromatic carbocycles. The molecule has 4 aromatic rings. The molecule has 0 aliphatic carbocycles. The molecule has 0 saturated heterocycles. The molecular weight excluding hydrogens is 432 g/mol. The van der Waals surface area contributed by atoms with E-state index in [1.165, 1.54) is 0 Å². The molecule has 164 valence electrons. The van der Waals surface area contributed by atoms with Gasteiger partial charge in [0, 0.05) is 36.1 Å². The van der Waals surface area contributed by atoms with Gasteiger partial charge in [-0.15, -0.1) is 0 Å². The summed E-state index contributed by atoms with van der Waals surface area (Å²) in [5, 5.41) is 17.2. The van der Waals surface area contributed by atoms with E-state index < -0.39 is 0 Å². The summed E-state index contributed by atoms with van der Waals surface area (Å²) in [4.78, 5) is 18.0. The Bertz CT molecular complexity index is 1310. The smallest absolute Gasteiger partial charge is 0.171 e. The summed E-state index contributed by atoms with van der Waals surface area (Å²) in [6, 6.07) is 7.48. The summed E-state index contributed by atoms with van der Waals surface area (Å²) in [5.74, 6) is 1.16. The van der Waals surface area contributed by atoms with E-state index in [9.17, 15) is 9.90 Å². The van der Waals surface area contributed by atoms with Gasteiger partial charge in [-0.1, -0.05) is 11.6 Å². The van der Waals surface area contributed by atoms with Crippen LogP contribution in [-0.2, 0) is 13.0 Å². The monoisotopic (exact) mass is 452 g/mol. The predicted octanol–water partition coefficient (Wildman–Crippen LogP) is 3.51. The SMILES string of the molecule is COc1ccc2c(c1)CC(C(=O)c1cn(CCO)c3cc(-c4c[nH]nc4Cl)ncc13)CO2. The van der Waals surface area contributed by atoms with Gasteiger partial charge < -0.3 is 19.1 Å². The topological polar surface area (TPSA) is 102 Å². The number of aliphatic hydroxyl groups is 1. The van der Waals surface area contributed by atoms with E-state index in [-0.39, 0.29) is 18.3 Å². The summed E-state index contributed by atoms with van der Waals surface area (Å²) in [6.45, 7) is 0.607. The number of aliphatic hydroxyl groups excluding tert-OH is 1. The first-order valence-electron chi connectivity index (χ1n) is 10.2. The lowest BCUT2D eigenvalue weighted by molar-refractivity contribution is 0.0856. The first kappa shape index (κ1) is 20.5. The maximum absolute atomic E-state index is 13.5. The number of ether oxygens (including phenoxy) is 2. The highest BCUT2D eigenvalue weighted by molar-refractivity contribution is 6.32. The molecule has 1 aliphatic heterocycles. The summed E-state index contributed by atoms with van der Waals surface area (Å²) in [7, 11) is 1.61. The zero-order valence-corrected chi connectivity index (χ0v) is 18.1. The molecule has 3 aromatic heterocycles. The molecule has 1 atom stereocenters. The standard InChI is InChI=1S/C23H21ClN4O4/c1-31-15-2-3-21-13(7-15)6-14(12-32-21)22(30)18-11-28(4-5-29)20-8-19(25-9-16(18)20)17-10-26-27-23(17)24/h2-3,7-11,14,29H,4-6,12H2,1H3,(H,26,27). The largest absolute Gasteiger partial charge is 0.497 e. The van der Waals surface area contributed by atoms with Crippen LogP contribution in [0.1, 0.15) is 15.9 Å². The van der Waals surface area contributed by atoms with E-state index in [0.717, 1.165) is 28.0 Å². The van der Waals surface area contributed by atoms with Crippen molar-refractivity contribution in [1.29, 1.82) is 0 Å². The number of Topliss-reactive ketones (excluding diaryl/α,β-unsaturated/α-hetero) is 1. The number of nitrogens with one attached hydrogen (secondary N) is 1. The van der Waals surface area contributed by atoms with Gasteiger partial charge in [-0.3, -0.25) is 14.9 Å². The second-order valence-corrected chi connectivity index (χ2v) is 8.04. The van der Waals surface area contributed by atoms with Crippen LogP contribution in [0.15, 0.2) is 42.9 Å². The zero-order valence-electron chi connectivity index (χ0n) is 17.3. The lowest BCUT2D eigenvalue weighted by Crippen LogP contribution is -2.28. The molecule has 0 radical (unpaired) electrons. The molecule has 0 spiro atoms. The van der Waals surface area contributed by atoms with Crippen molar-refractivity contribution < 1.29 is 19.4 Å². The van der Waals surface area contributed by atoms with Crippen LogP contribution in [0.3, 0.4) is 0 Å². The molecule has 4 heterocycles. The summed E-state index contributed by atoms with van der Waals surface area (Å²) < 4.78 is 13.0. The highest BCUT2D eigenvalue weighted by Gasteiger charge is 2.29. The Morgan fingerprint density at radius 3 is 3.03 bits per heavy atom. The van der Waals surface area contributed by atoms with Crippen molar-refractivity contribution in [3.63, 3.8) is 0 Å². The molecule has 0 fully saturated rings. The normalized spacial score (nSPS) is 15.4. The van der Waals surface area contributed by atoms with Crippen LogP contribution in [0.25, 0.3) is 22.2 Å². The quantitative estimate of drug-likeness (QED) is 0.434. The first-order valence-corrected chi connectivity index (χ1v) is 10.6. The van der Waals surface area contributed by atoms with E-state index in [1.54, 1.807) is 25.7 Å². The van der Waals surface area contributed by atoms with Crippen LogP contribution >= 0.6 is 11.6 Å². The minimum absolute atomic E-state index is 0.0175. The number of aromatic nitrogens is 4. The van der Waals surface area contributed by atoms with Crippen LogP contribution in [0.2, 0.25) is 5.15 Å². The number of nitrogens with zero attached hydrogens (tertiary/aromatic N) is 3. The number of rotatable bonds is 6. The lowest BCUT2D eigenvalue weighted by Gasteiger charge is -2.24. The molecule has 8 nitrogen and oxygen atoms in total. The second kappa shape index (κ2) is 8.29. The third-order valence-electron chi connectivity index (χ3n) is 5.79. The van der Waals surface area contributed by atoms with Crippen molar-refractivity contribution in [2.75, 3.05) is 20.3 Å². The third kappa shape index (κ3) is 3.51. The van der Waals surface area contributed by atoms with E-state index in [1.807, 2.05) is 28.8 Å². The molecular formula is C23H21ClN4O4. The summed E-state index contributed by atoms with van der Waals surface area (Å²) >= 11 is 6.14. The fourth-order valence-corrected chi connectivity index (χ4v) is 4.36. The minimum atomic E-state index is -0.328. The number of carbonyl (C=O) groups excluding carboxylic acids is 1. The number of carbonyl (C=O) groups is 1. The highest BCUT2D eigenvalue weighted by Crippen LogP contribution is 2.34. The summed E-state index contributed by atoms with van der Waals surface area (Å²) in [5.41, 5.74) is 3.61. The predicted molar refractivity (Wildman–Crippen MR) is 119 cm³/mol. The van der Waals surface area contributed by atoms with E-state index in [0.29, 0.717) is 41.5 Å². The number of methoxy groups -OCH3 is 1. The fourth-order valence-electron chi connectivity index (χ4n) is 4.16. The van der Waals surface area contributed by atoms with Gasteiger partial charge in [-0.2, -0.15) is 5.10 Å². The molecule has 5 rings (SSSR count). The number of aromatic amines is 1. The van der Waals surface area contributed by atoms with Crippen LogP contribution in [-0.4, -0.2) is 51.0 Å². The molecule has 9 heteroatoms. The Kier molecular flexibility index (Phi) is 5.32. The van der Waals surface area contributed by atoms with Gasteiger partial charge in [0.2, 0.25) is 0 Å².